The molecule has 0 N–H and O–H groups in total. The van der Waals surface area contributed by atoms with Crippen LogP contribution in [0.25, 0.3) is 0 Å². The fourth-order valence-electron chi connectivity index (χ4n) is 0.743. The van der Waals surface area contributed by atoms with Gasteiger partial charge in [0, 0.05) is 10.6 Å². The van der Waals surface area contributed by atoms with Crippen LogP contribution < -0.4 is 0 Å². The maximum Gasteiger partial charge on any atom is 0.0988 e. The largest absolute Gasteiger partial charge is 0.192 e. The van der Waals surface area contributed by atoms with E-state index in [4.69, 9.17) is 16.9 Å². The molecular formula is C7H6ClN. The maximum atomic E-state index is 8.39. The molecular weight excluding hydrogens is 134 g/mol. The SMILES string of the molecule is N#CC1=CCCC(Cl)=C1. The van der Waals surface area contributed by atoms with Crippen molar-refractivity contribution < 1.29 is 0 Å². The van der Waals surface area contributed by atoms with Crippen molar-refractivity contribution in [2.24, 2.45) is 0 Å². The predicted molar refractivity (Wildman–Crippen MR) is 36.9 cm³/mol. The molecule has 0 aromatic heterocycles. The lowest BCUT2D eigenvalue weighted by atomic mass is 10.1. The van der Waals surface area contributed by atoms with Gasteiger partial charge in [0.1, 0.15) is 0 Å². The molecule has 46 valence electrons. The zero-order valence-corrected chi connectivity index (χ0v) is 5.65. The molecule has 0 aliphatic heterocycles. The molecule has 0 spiro atoms. The Morgan fingerprint density at radius 2 is 2.44 bits per heavy atom. The number of rotatable bonds is 0. The van der Waals surface area contributed by atoms with Crippen molar-refractivity contribution in [2.75, 3.05) is 0 Å². The van der Waals surface area contributed by atoms with Crippen LogP contribution in [0.15, 0.2) is 22.8 Å². The number of halogens is 1. The second-order valence-corrected chi connectivity index (χ2v) is 2.39. The second-order valence-electron chi connectivity index (χ2n) is 1.90. The molecule has 1 aliphatic rings. The molecule has 9 heavy (non-hydrogen) atoms. The first-order chi connectivity index (χ1) is 4.33. The van der Waals surface area contributed by atoms with E-state index in [-0.39, 0.29) is 0 Å². The molecule has 0 heterocycles. The Kier molecular flexibility index (Phi) is 1.92. The molecule has 1 aliphatic carbocycles. The summed E-state index contributed by atoms with van der Waals surface area (Å²) in [5.74, 6) is 0. The summed E-state index contributed by atoms with van der Waals surface area (Å²) in [4.78, 5) is 0. The number of allylic oxidation sites excluding steroid dienone is 4. The van der Waals surface area contributed by atoms with Gasteiger partial charge in [-0.1, -0.05) is 17.7 Å². The maximum absolute atomic E-state index is 8.39. The quantitative estimate of drug-likeness (QED) is 0.506. The molecule has 1 nitrogen and oxygen atoms in total. The third-order valence-electron chi connectivity index (χ3n) is 1.19. The van der Waals surface area contributed by atoms with E-state index in [0.29, 0.717) is 5.57 Å². The van der Waals surface area contributed by atoms with Gasteiger partial charge in [-0.05, 0) is 18.9 Å². The number of nitrogens with zero attached hydrogens (tertiary/aromatic N) is 1. The molecule has 0 aromatic rings. The van der Waals surface area contributed by atoms with E-state index < -0.39 is 0 Å². The van der Waals surface area contributed by atoms with Gasteiger partial charge in [0.15, 0.2) is 0 Å². The van der Waals surface area contributed by atoms with E-state index in [1.807, 2.05) is 12.1 Å². The minimum atomic E-state index is 0.686. The van der Waals surface area contributed by atoms with Crippen molar-refractivity contribution in [3.8, 4) is 6.07 Å². The highest BCUT2D eigenvalue weighted by atomic mass is 35.5. The van der Waals surface area contributed by atoms with Gasteiger partial charge in [0.2, 0.25) is 0 Å². The lowest BCUT2D eigenvalue weighted by Crippen LogP contribution is -1.83. The number of hydrogen-bond donors (Lipinski definition) is 0. The van der Waals surface area contributed by atoms with Crippen molar-refractivity contribution in [1.82, 2.24) is 0 Å². The highest BCUT2D eigenvalue weighted by molar-refractivity contribution is 6.29. The highest BCUT2D eigenvalue weighted by Gasteiger charge is 2.00. The van der Waals surface area contributed by atoms with Gasteiger partial charge in [0.05, 0.1) is 6.07 Å². The van der Waals surface area contributed by atoms with Crippen molar-refractivity contribution in [3.63, 3.8) is 0 Å². The Balaban J connectivity index is 2.78. The summed E-state index contributed by atoms with van der Waals surface area (Å²) in [7, 11) is 0. The average Bonchev–Trinajstić information content (AvgIpc) is 1.88. The molecule has 0 bridgehead atoms. The lowest BCUT2D eigenvalue weighted by Gasteiger charge is -2.00. The molecule has 0 atom stereocenters. The smallest absolute Gasteiger partial charge is 0.0988 e. The topological polar surface area (TPSA) is 23.8 Å². The third-order valence-corrected chi connectivity index (χ3v) is 1.49. The Bertz CT molecular complexity index is 207. The van der Waals surface area contributed by atoms with Crippen LogP contribution in [0.3, 0.4) is 0 Å². The molecule has 1 rings (SSSR count). The molecule has 0 saturated heterocycles. The normalized spacial score (nSPS) is 17.8. The molecule has 0 aromatic carbocycles. The van der Waals surface area contributed by atoms with Gasteiger partial charge < -0.3 is 0 Å². The summed E-state index contributed by atoms with van der Waals surface area (Å²) in [5.41, 5.74) is 0.686. The summed E-state index contributed by atoms with van der Waals surface area (Å²) < 4.78 is 0. The van der Waals surface area contributed by atoms with E-state index >= 15 is 0 Å². The number of hydrogen-bond acceptors (Lipinski definition) is 1. The van der Waals surface area contributed by atoms with Crippen LogP contribution in [0.1, 0.15) is 12.8 Å². The highest BCUT2D eigenvalue weighted by Crippen LogP contribution is 2.19. The first-order valence-corrected chi connectivity index (χ1v) is 3.17. The van der Waals surface area contributed by atoms with Crippen LogP contribution in [-0.2, 0) is 0 Å². The summed E-state index contributed by atoms with van der Waals surface area (Å²) in [5, 5.41) is 9.17. The van der Waals surface area contributed by atoms with Crippen LogP contribution >= 0.6 is 11.6 Å². The van der Waals surface area contributed by atoms with Gasteiger partial charge in [-0.25, -0.2) is 0 Å². The monoisotopic (exact) mass is 139 g/mol. The standard InChI is InChI=1S/C7H6ClN/c8-7-3-1-2-6(4-7)5-9/h2,4H,1,3H2. The van der Waals surface area contributed by atoms with Gasteiger partial charge >= 0.3 is 0 Å². The summed E-state index contributed by atoms with van der Waals surface area (Å²) in [6.45, 7) is 0. The molecule has 2 heteroatoms. The summed E-state index contributed by atoms with van der Waals surface area (Å²) >= 11 is 5.66. The first-order valence-electron chi connectivity index (χ1n) is 2.79. The lowest BCUT2D eigenvalue weighted by molar-refractivity contribution is 1.01. The summed E-state index contributed by atoms with van der Waals surface area (Å²) in [6.07, 6.45) is 5.39. The minimum Gasteiger partial charge on any atom is -0.192 e. The van der Waals surface area contributed by atoms with E-state index in [2.05, 4.69) is 0 Å². The van der Waals surface area contributed by atoms with Gasteiger partial charge in [-0.3, -0.25) is 0 Å². The van der Waals surface area contributed by atoms with Crippen molar-refractivity contribution in [2.45, 2.75) is 12.8 Å². The fourth-order valence-corrected chi connectivity index (χ4v) is 0.970. The van der Waals surface area contributed by atoms with Crippen LogP contribution in [0.5, 0.6) is 0 Å². The van der Waals surface area contributed by atoms with E-state index in [0.717, 1.165) is 17.9 Å². The van der Waals surface area contributed by atoms with Crippen LogP contribution in [0, 0.1) is 11.3 Å². The molecule has 0 amide bonds. The Morgan fingerprint density at radius 3 is 2.89 bits per heavy atom. The first kappa shape index (κ1) is 6.38. The van der Waals surface area contributed by atoms with Crippen molar-refractivity contribution >= 4 is 11.6 Å². The Labute approximate surface area is 59.2 Å². The zero-order valence-electron chi connectivity index (χ0n) is 4.89. The second kappa shape index (κ2) is 2.70. The van der Waals surface area contributed by atoms with E-state index in [1.54, 1.807) is 6.08 Å². The van der Waals surface area contributed by atoms with Crippen LogP contribution in [0.2, 0.25) is 0 Å². The number of nitriles is 1. The van der Waals surface area contributed by atoms with E-state index in [9.17, 15) is 0 Å². The zero-order chi connectivity index (χ0) is 6.69. The van der Waals surface area contributed by atoms with Gasteiger partial charge in [-0.2, -0.15) is 5.26 Å². The fraction of sp³-hybridized carbons (Fsp3) is 0.286. The molecule has 0 radical (unpaired) electrons. The average molecular weight is 140 g/mol. The van der Waals surface area contributed by atoms with Gasteiger partial charge in [-0.15, -0.1) is 0 Å². The van der Waals surface area contributed by atoms with E-state index in [1.165, 1.54) is 0 Å². The third kappa shape index (κ3) is 1.58. The predicted octanol–water partition coefficient (Wildman–Crippen LogP) is 2.35. The molecule has 0 saturated carbocycles. The van der Waals surface area contributed by atoms with Crippen molar-refractivity contribution in [1.29, 1.82) is 5.26 Å². The minimum absolute atomic E-state index is 0.686. The van der Waals surface area contributed by atoms with Gasteiger partial charge in [0.25, 0.3) is 0 Å². The molecule has 0 fully saturated rings. The Morgan fingerprint density at radius 1 is 1.67 bits per heavy atom. The van der Waals surface area contributed by atoms with Crippen molar-refractivity contribution in [3.05, 3.63) is 22.8 Å². The van der Waals surface area contributed by atoms with Crippen LogP contribution in [-0.4, -0.2) is 0 Å². The summed E-state index contributed by atoms with van der Waals surface area (Å²) in [6, 6.07) is 2.03. The van der Waals surface area contributed by atoms with Crippen LogP contribution in [0.4, 0.5) is 0 Å². The Hall–Kier alpha value is -0.740. The molecule has 0 unspecified atom stereocenters.